The molecule has 2 saturated carbocycles. The number of hydrogen-bond acceptors (Lipinski definition) is 0. The van der Waals surface area contributed by atoms with Crippen LogP contribution in [0.1, 0.15) is 33.1 Å². The predicted octanol–water partition coefficient (Wildman–Crippen LogP) is 2.69. The van der Waals surface area contributed by atoms with Crippen molar-refractivity contribution in [1.82, 2.24) is 0 Å². The van der Waals surface area contributed by atoms with Gasteiger partial charge in [0.15, 0.2) is 0 Å². The first-order valence-corrected chi connectivity index (χ1v) is 4.29. The lowest BCUT2D eigenvalue weighted by Gasteiger charge is -1.99. The molecule has 0 radical (unpaired) electrons. The van der Waals surface area contributed by atoms with Crippen LogP contribution in [0.15, 0.2) is 0 Å². The van der Waals surface area contributed by atoms with E-state index in [1.54, 1.807) is 19.3 Å². The predicted molar refractivity (Wildman–Crippen MR) is 39.2 cm³/mol. The van der Waals surface area contributed by atoms with Crippen molar-refractivity contribution in [2.45, 2.75) is 33.1 Å². The Balaban J connectivity index is 1.81. The monoisotopic (exact) mass is 124 g/mol. The summed E-state index contributed by atoms with van der Waals surface area (Å²) >= 11 is 0. The molecule has 2 atom stereocenters. The maximum atomic E-state index is 2.37. The minimum atomic E-state index is 0.968. The molecule has 2 aliphatic rings. The zero-order chi connectivity index (χ0) is 6.43. The second kappa shape index (κ2) is 1.74. The van der Waals surface area contributed by atoms with Crippen LogP contribution in [0.3, 0.4) is 0 Å². The van der Waals surface area contributed by atoms with Gasteiger partial charge in [-0.05, 0) is 42.9 Å². The Morgan fingerprint density at radius 3 is 2.22 bits per heavy atom. The number of hydrogen-bond donors (Lipinski definition) is 0. The van der Waals surface area contributed by atoms with Gasteiger partial charge in [-0.25, -0.2) is 0 Å². The van der Waals surface area contributed by atoms with Gasteiger partial charge in [-0.2, -0.15) is 0 Å². The Bertz CT molecular complexity index is 105. The van der Waals surface area contributed by atoms with E-state index in [9.17, 15) is 0 Å². The lowest BCUT2D eigenvalue weighted by molar-refractivity contribution is 0.494. The Morgan fingerprint density at radius 1 is 1.22 bits per heavy atom. The fraction of sp³-hybridized carbons (Fsp3) is 1.00. The van der Waals surface area contributed by atoms with E-state index >= 15 is 0 Å². The molecule has 0 aliphatic heterocycles. The summed E-state index contributed by atoms with van der Waals surface area (Å²) in [7, 11) is 0. The first-order valence-electron chi connectivity index (χ1n) is 4.29. The summed E-state index contributed by atoms with van der Waals surface area (Å²) in [5.41, 5.74) is 0. The van der Waals surface area contributed by atoms with Crippen LogP contribution in [0.2, 0.25) is 0 Å². The molecule has 0 saturated heterocycles. The van der Waals surface area contributed by atoms with E-state index in [4.69, 9.17) is 0 Å². The van der Waals surface area contributed by atoms with Gasteiger partial charge >= 0.3 is 0 Å². The van der Waals surface area contributed by atoms with E-state index < -0.39 is 0 Å². The van der Waals surface area contributed by atoms with Gasteiger partial charge in [0.1, 0.15) is 0 Å². The summed E-state index contributed by atoms with van der Waals surface area (Å²) in [5.74, 6) is 4.44. The highest BCUT2D eigenvalue weighted by Gasteiger charge is 2.48. The second-order valence-corrected chi connectivity index (χ2v) is 4.14. The van der Waals surface area contributed by atoms with Crippen LogP contribution in [-0.4, -0.2) is 0 Å². The fourth-order valence-corrected chi connectivity index (χ4v) is 2.07. The van der Waals surface area contributed by atoms with Crippen LogP contribution in [0.25, 0.3) is 0 Å². The van der Waals surface area contributed by atoms with Crippen LogP contribution < -0.4 is 0 Å². The van der Waals surface area contributed by atoms with Gasteiger partial charge in [0.05, 0.1) is 0 Å². The van der Waals surface area contributed by atoms with Gasteiger partial charge in [-0.1, -0.05) is 13.8 Å². The average molecular weight is 124 g/mol. The highest BCUT2D eigenvalue weighted by atomic mass is 14.5. The van der Waals surface area contributed by atoms with E-state index in [-0.39, 0.29) is 0 Å². The maximum absolute atomic E-state index is 2.37. The molecule has 0 N–H and O–H groups in total. The number of rotatable bonds is 2. The smallest absolute Gasteiger partial charge is 0.0352 e. The van der Waals surface area contributed by atoms with Crippen LogP contribution in [0.4, 0.5) is 0 Å². The summed E-state index contributed by atoms with van der Waals surface area (Å²) in [6.07, 6.45) is 4.66. The fourth-order valence-electron chi connectivity index (χ4n) is 2.07. The van der Waals surface area contributed by atoms with Crippen LogP contribution in [0.5, 0.6) is 0 Å². The molecule has 0 amide bonds. The van der Waals surface area contributed by atoms with E-state index in [0.29, 0.717) is 0 Å². The first-order chi connectivity index (χ1) is 4.29. The van der Waals surface area contributed by atoms with Crippen LogP contribution in [0, 0.1) is 23.7 Å². The van der Waals surface area contributed by atoms with Crippen molar-refractivity contribution in [3.63, 3.8) is 0 Å². The Kier molecular flexibility index (Phi) is 1.12. The molecule has 2 fully saturated rings. The average Bonchev–Trinajstić information content (AvgIpc) is 2.60. The van der Waals surface area contributed by atoms with Crippen molar-refractivity contribution >= 4 is 0 Å². The summed E-state index contributed by atoms with van der Waals surface area (Å²) in [4.78, 5) is 0. The zero-order valence-corrected chi connectivity index (χ0v) is 6.43. The van der Waals surface area contributed by atoms with Crippen LogP contribution in [-0.2, 0) is 0 Å². The molecule has 0 unspecified atom stereocenters. The van der Waals surface area contributed by atoms with Crippen molar-refractivity contribution in [1.29, 1.82) is 0 Å². The van der Waals surface area contributed by atoms with Gasteiger partial charge < -0.3 is 0 Å². The molecular formula is C9H16. The van der Waals surface area contributed by atoms with Gasteiger partial charge in [-0.3, -0.25) is 0 Å². The molecule has 0 nitrogen and oxygen atoms in total. The van der Waals surface area contributed by atoms with E-state index in [1.165, 1.54) is 11.8 Å². The largest absolute Gasteiger partial charge is 0.0625 e. The first kappa shape index (κ1) is 5.76. The second-order valence-electron chi connectivity index (χ2n) is 4.14. The summed E-state index contributed by atoms with van der Waals surface area (Å²) < 4.78 is 0. The van der Waals surface area contributed by atoms with Crippen LogP contribution >= 0.6 is 0 Å². The summed E-state index contributed by atoms with van der Waals surface area (Å²) in [6.45, 7) is 4.74. The SMILES string of the molecule is CC(C)[C@@H]1C[C@@H]1C1CC1. The molecule has 0 heteroatoms. The Morgan fingerprint density at radius 2 is 1.89 bits per heavy atom. The Hall–Kier alpha value is 0. The standard InChI is InChI=1S/C9H16/c1-6(2)8-5-9(8)7-3-4-7/h6-9H,3-5H2,1-2H3/t8-,9+/m0/s1. The van der Waals surface area contributed by atoms with Gasteiger partial charge in [-0.15, -0.1) is 0 Å². The van der Waals surface area contributed by atoms with Crippen molar-refractivity contribution < 1.29 is 0 Å². The molecule has 9 heavy (non-hydrogen) atoms. The molecular weight excluding hydrogens is 108 g/mol. The third-order valence-electron chi connectivity index (χ3n) is 2.97. The van der Waals surface area contributed by atoms with Crippen molar-refractivity contribution in [2.75, 3.05) is 0 Å². The topological polar surface area (TPSA) is 0 Å². The molecule has 0 heterocycles. The molecule has 0 aromatic heterocycles. The lowest BCUT2D eigenvalue weighted by Crippen LogP contribution is -1.93. The van der Waals surface area contributed by atoms with Gasteiger partial charge in [0.2, 0.25) is 0 Å². The van der Waals surface area contributed by atoms with Crippen molar-refractivity contribution in [3.05, 3.63) is 0 Å². The Labute approximate surface area is 57.6 Å². The third-order valence-corrected chi connectivity index (χ3v) is 2.97. The third kappa shape index (κ3) is 0.997. The zero-order valence-electron chi connectivity index (χ0n) is 6.43. The minimum Gasteiger partial charge on any atom is -0.0625 e. The summed E-state index contributed by atoms with van der Waals surface area (Å²) in [5, 5.41) is 0. The van der Waals surface area contributed by atoms with Crippen molar-refractivity contribution in [3.8, 4) is 0 Å². The minimum absolute atomic E-state index is 0.968. The maximum Gasteiger partial charge on any atom is -0.0352 e. The van der Waals surface area contributed by atoms with Crippen molar-refractivity contribution in [2.24, 2.45) is 23.7 Å². The van der Waals surface area contributed by atoms with Gasteiger partial charge in [0, 0.05) is 0 Å². The van der Waals surface area contributed by atoms with Gasteiger partial charge in [0.25, 0.3) is 0 Å². The molecule has 2 aliphatic carbocycles. The molecule has 0 aromatic rings. The van der Waals surface area contributed by atoms with E-state index in [0.717, 1.165) is 11.8 Å². The normalized spacial score (nSPS) is 41.7. The molecule has 2 rings (SSSR count). The molecule has 0 aromatic carbocycles. The summed E-state index contributed by atoms with van der Waals surface area (Å²) in [6, 6.07) is 0. The lowest BCUT2D eigenvalue weighted by atomic mass is 10.1. The molecule has 52 valence electrons. The van der Waals surface area contributed by atoms with E-state index in [2.05, 4.69) is 13.8 Å². The highest BCUT2D eigenvalue weighted by Crippen LogP contribution is 2.56. The molecule has 0 bridgehead atoms. The van der Waals surface area contributed by atoms with E-state index in [1.807, 2.05) is 0 Å². The molecule has 0 spiro atoms. The highest BCUT2D eigenvalue weighted by molar-refractivity contribution is 4.97. The quantitative estimate of drug-likeness (QED) is 0.531.